The first-order chi connectivity index (χ1) is 9.72. The van der Waals surface area contributed by atoms with E-state index in [1.54, 1.807) is 6.07 Å². The third-order valence-electron chi connectivity index (χ3n) is 3.00. The first-order valence-electron chi connectivity index (χ1n) is 5.95. The number of para-hydroxylation sites is 1. The molecule has 100 valence electrons. The Hall–Kier alpha value is -2.40. The van der Waals surface area contributed by atoms with E-state index in [-0.39, 0.29) is 11.3 Å². The Labute approximate surface area is 119 Å². The molecule has 3 aromatic rings. The van der Waals surface area contributed by atoms with Gasteiger partial charge in [0.05, 0.1) is 28.5 Å². The highest BCUT2D eigenvalue weighted by atomic mass is 32.1. The molecule has 0 atom stereocenters. The Bertz CT molecular complexity index is 762. The summed E-state index contributed by atoms with van der Waals surface area (Å²) in [6.45, 7) is 0. The van der Waals surface area contributed by atoms with E-state index in [2.05, 4.69) is 4.98 Å². The zero-order valence-corrected chi connectivity index (χ0v) is 11.5. The van der Waals surface area contributed by atoms with Gasteiger partial charge in [0.15, 0.2) is 6.29 Å². The zero-order chi connectivity index (χ0) is 14.1. The molecule has 0 unspecified atom stereocenters. The normalized spacial score (nSPS) is 10.7. The fraction of sp³-hybridized carbons (Fsp3) is 0.0667. The van der Waals surface area contributed by atoms with Crippen LogP contribution in [-0.2, 0) is 0 Å². The van der Waals surface area contributed by atoms with E-state index in [1.165, 1.54) is 24.5 Å². The standard InChI is InChI=1S/C15H11NO3S/c1-19-10-6-9(8-17)14(18)11(7-10)15-16-12-4-2-3-5-13(12)20-15/h2-8,18H,1H3. The second-order valence-corrected chi connectivity index (χ2v) is 5.25. The Morgan fingerprint density at radius 3 is 2.80 bits per heavy atom. The number of phenols is 1. The first kappa shape index (κ1) is 12.6. The van der Waals surface area contributed by atoms with Gasteiger partial charge in [0.25, 0.3) is 0 Å². The van der Waals surface area contributed by atoms with Crippen molar-refractivity contribution in [2.75, 3.05) is 7.11 Å². The van der Waals surface area contributed by atoms with Crippen LogP contribution in [0.3, 0.4) is 0 Å². The number of aldehydes is 1. The molecule has 5 heteroatoms. The van der Waals surface area contributed by atoms with Crippen LogP contribution >= 0.6 is 11.3 Å². The van der Waals surface area contributed by atoms with Gasteiger partial charge in [-0.05, 0) is 24.3 Å². The summed E-state index contributed by atoms with van der Waals surface area (Å²) >= 11 is 1.46. The van der Waals surface area contributed by atoms with Crippen LogP contribution in [0.4, 0.5) is 0 Å². The lowest BCUT2D eigenvalue weighted by molar-refractivity contribution is 0.112. The number of aromatic hydroxyl groups is 1. The predicted octanol–water partition coefficient (Wildman–Crippen LogP) is 3.49. The molecule has 4 nitrogen and oxygen atoms in total. The van der Waals surface area contributed by atoms with Crippen molar-refractivity contribution in [3.63, 3.8) is 0 Å². The molecule has 1 N–H and O–H groups in total. The molecule has 0 amide bonds. The Morgan fingerprint density at radius 2 is 2.10 bits per heavy atom. The SMILES string of the molecule is COc1cc(C=O)c(O)c(-c2nc3ccccc3s2)c1. The van der Waals surface area contributed by atoms with Crippen LogP contribution < -0.4 is 4.74 Å². The highest BCUT2D eigenvalue weighted by Crippen LogP contribution is 2.39. The van der Waals surface area contributed by atoms with Gasteiger partial charge in [0.2, 0.25) is 0 Å². The van der Waals surface area contributed by atoms with Crippen LogP contribution in [0.25, 0.3) is 20.8 Å². The second kappa shape index (κ2) is 4.94. The van der Waals surface area contributed by atoms with Crippen LogP contribution in [0, 0.1) is 0 Å². The zero-order valence-electron chi connectivity index (χ0n) is 10.7. The van der Waals surface area contributed by atoms with E-state index in [1.807, 2.05) is 24.3 Å². The minimum atomic E-state index is -0.0696. The number of hydrogen-bond acceptors (Lipinski definition) is 5. The van der Waals surface area contributed by atoms with Crippen molar-refractivity contribution in [1.29, 1.82) is 0 Å². The number of rotatable bonds is 3. The molecule has 0 aliphatic carbocycles. The van der Waals surface area contributed by atoms with Crippen molar-refractivity contribution in [2.45, 2.75) is 0 Å². The average Bonchev–Trinajstić information content (AvgIpc) is 2.91. The topological polar surface area (TPSA) is 59.4 Å². The molecule has 0 bridgehead atoms. The fourth-order valence-electron chi connectivity index (χ4n) is 1.99. The number of benzene rings is 2. The fourth-order valence-corrected chi connectivity index (χ4v) is 2.97. The van der Waals surface area contributed by atoms with E-state index in [4.69, 9.17) is 4.74 Å². The number of carbonyl (C=O) groups excluding carboxylic acids is 1. The number of ether oxygens (including phenoxy) is 1. The van der Waals surface area contributed by atoms with Crippen LogP contribution in [0.5, 0.6) is 11.5 Å². The van der Waals surface area contributed by atoms with E-state index in [0.29, 0.717) is 22.6 Å². The van der Waals surface area contributed by atoms with Gasteiger partial charge in [0, 0.05) is 0 Å². The number of hydrogen-bond donors (Lipinski definition) is 1. The van der Waals surface area contributed by atoms with Crippen LogP contribution in [0.1, 0.15) is 10.4 Å². The second-order valence-electron chi connectivity index (χ2n) is 4.22. The number of nitrogens with zero attached hydrogens (tertiary/aromatic N) is 1. The molecule has 1 aromatic heterocycles. The predicted molar refractivity (Wildman–Crippen MR) is 78.7 cm³/mol. The quantitative estimate of drug-likeness (QED) is 0.748. The van der Waals surface area contributed by atoms with Crippen LogP contribution in [-0.4, -0.2) is 23.5 Å². The summed E-state index contributed by atoms with van der Waals surface area (Å²) in [5, 5.41) is 10.8. The summed E-state index contributed by atoms with van der Waals surface area (Å²) in [5.74, 6) is 0.444. The minimum Gasteiger partial charge on any atom is -0.506 e. The maximum atomic E-state index is 11.0. The Morgan fingerprint density at radius 1 is 1.30 bits per heavy atom. The molecule has 0 fully saturated rings. The first-order valence-corrected chi connectivity index (χ1v) is 6.76. The summed E-state index contributed by atoms with van der Waals surface area (Å²) in [6.07, 6.45) is 0.606. The lowest BCUT2D eigenvalue weighted by Gasteiger charge is -2.07. The number of fused-ring (bicyclic) bond motifs is 1. The molecule has 0 aliphatic rings. The molecule has 0 aliphatic heterocycles. The lowest BCUT2D eigenvalue weighted by atomic mass is 10.1. The van der Waals surface area contributed by atoms with Crippen molar-refractivity contribution in [2.24, 2.45) is 0 Å². The number of carbonyl (C=O) groups is 1. The van der Waals surface area contributed by atoms with Gasteiger partial charge < -0.3 is 9.84 Å². The molecule has 0 saturated heterocycles. The Kier molecular flexibility index (Phi) is 3.12. The molecule has 3 rings (SSSR count). The van der Waals surface area contributed by atoms with Gasteiger partial charge >= 0.3 is 0 Å². The third-order valence-corrected chi connectivity index (χ3v) is 4.07. The smallest absolute Gasteiger partial charge is 0.153 e. The molecule has 0 saturated carbocycles. The number of methoxy groups -OCH3 is 1. The van der Waals surface area contributed by atoms with Crippen molar-refractivity contribution < 1.29 is 14.6 Å². The summed E-state index contributed by atoms with van der Waals surface area (Å²) in [7, 11) is 1.52. The van der Waals surface area contributed by atoms with E-state index >= 15 is 0 Å². The van der Waals surface area contributed by atoms with Crippen molar-refractivity contribution in [1.82, 2.24) is 4.98 Å². The largest absolute Gasteiger partial charge is 0.506 e. The van der Waals surface area contributed by atoms with Gasteiger partial charge in [-0.2, -0.15) is 0 Å². The molecule has 20 heavy (non-hydrogen) atoms. The monoisotopic (exact) mass is 285 g/mol. The highest BCUT2D eigenvalue weighted by Gasteiger charge is 2.15. The maximum Gasteiger partial charge on any atom is 0.153 e. The molecule has 1 heterocycles. The number of thiazole rings is 1. The van der Waals surface area contributed by atoms with E-state index < -0.39 is 0 Å². The molecule has 0 spiro atoms. The van der Waals surface area contributed by atoms with Gasteiger partial charge in [0.1, 0.15) is 16.5 Å². The van der Waals surface area contributed by atoms with Crippen LogP contribution in [0.15, 0.2) is 36.4 Å². The number of phenolic OH excluding ortho intramolecular Hbond substituents is 1. The Balaban J connectivity index is 2.24. The van der Waals surface area contributed by atoms with Gasteiger partial charge in [-0.3, -0.25) is 4.79 Å². The summed E-state index contributed by atoms with van der Waals surface area (Å²) in [4.78, 5) is 15.5. The third kappa shape index (κ3) is 2.02. The van der Waals surface area contributed by atoms with Crippen LogP contribution in [0.2, 0.25) is 0 Å². The molecule has 0 radical (unpaired) electrons. The summed E-state index contributed by atoms with van der Waals surface area (Å²) in [5.41, 5.74) is 1.56. The average molecular weight is 285 g/mol. The van der Waals surface area contributed by atoms with Crippen molar-refractivity contribution in [3.8, 4) is 22.1 Å². The highest BCUT2D eigenvalue weighted by molar-refractivity contribution is 7.21. The summed E-state index contributed by atoms with van der Waals surface area (Å²) < 4.78 is 6.18. The van der Waals surface area contributed by atoms with Gasteiger partial charge in [-0.15, -0.1) is 11.3 Å². The number of aromatic nitrogens is 1. The minimum absolute atomic E-state index is 0.0696. The van der Waals surface area contributed by atoms with Crippen molar-refractivity contribution in [3.05, 3.63) is 42.0 Å². The van der Waals surface area contributed by atoms with Crippen molar-refractivity contribution >= 4 is 27.8 Å². The maximum absolute atomic E-state index is 11.0. The molecule has 2 aromatic carbocycles. The van der Waals surface area contributed by atoms with Gasteiger partial charge in [-0.1, -0.05) is 12.1 Å². The summed E-state index contributed by atoms with van der Waals surface area (Å²) in [6, 6.07) is 10.9. The molecular weight excluding hydrogens is 274 g/mol. The van der Waals surface area contributed by atoms with Gasteiger partial charge in [-0.25, -0.2) is 4.98 Å². The molecular formula is C15H11NO3S. The van der Waals surface area contributed by atoms with E-state index in [9.17, 15) is 9.90 Å². The lowest BCUT2D eigenvalue weighted by Crippen LogP contribution is -1.90. The van der Waals surface area contributed by atoms with E-state index in [0.717, 1.165) is 10.2 Å².